The van der Waals surface area contributed by atoms with Crippen LogP contribution in [0, 0.1) is 0 Å². The average Bonchev–Trinajstić information content (AvgIpc) is 2.60. The average molecular weight is 420 g/mol. The van der Waals surface area contributed by atoms with E-state index in [9.17, 15) is 9.59 Å². The van der Waals surface area contributed by atoms with Gasteiger partial charge in [0.15, 0.2) is 6.10 Å². The summed E-state index contributed by atoms with van der Waals surface area (Å²) in [7, 11) is 0. The first-order chi connectivity index (χ1) is 12.3. The zero-order chi connectivity index (χ0) is 19.1. The molecule has 0 bridgehead atoms. The normalized spacial score (nSPS) is 11.9. The van der Waals surface area contributed by atoms with Crippen molar-refractivity contribution < 1.29 is 19.1 Å². The number of halogens is 1. The van der Waals surface area contributed by atoms with Gasteiger partial charge in [0.05, 0.1) is 18.3 Å². The molecule has 5 nitrogen and oxygen atoms in total. The Morgan fingerprint density at radius 1 is 1.08 bits per heavy atom. The van der Waals surface area contributed by atoms with E-state index < -0.39 is 18.0 Å². The number of benzene rings is 2. The van der Waals surface area contributed by atoms with Crippen LogP contribution in [0.3, 0.4) is 0 Å². The molecular formula is C20H22BrNO4. The summed E-state index contributed by atoms with van der Waals surface area (Å²) >= 11 is 3.34. The summed E-state index contributed by atoms with van der Waals surface area (Å²) in [6, 6.07) is 14.1. The van der Waals surface area contributed by atoms with Gasteiger partial charge in [-0.25, -0.2) is 4.79 Å². The van der Waals surface area contributed by atoms with Crippen molar-refractivity contribution in [2.75, 3.05) is 5.32 Å². The summed E-state index contributed by atoms with van der Waals surface area (Å²) in [5.41, 5.74) is 1.98. The van der Waals surface area contributed by atoms with Crippen LogP contribution in [0.15, 0.2) is 53.0 Å². The molecule has 1 amide bonds. The molecule has 26 heavy (non-hydrogen) atoms. The molecule has 0 heterocycles. The van der Waals surface area contributed by atoms with E-state index in [1.165, 1.54) is 6.92 Å². The topological polar surface area (TPSA) is 64.6 Å². The molecule has 0 aliphatic rings. The van der Waals surface area contributed by atoms with E-state index in [2.05, 4.69) is 21.2 Å². The van der Waals surface area contributed by atoms with E-state index in [1.807, 2.05) is 32.0 Å². The summed E-state index contributed by atoms with van der Waals surface area (Å²) in [5, 5.41) is 2.71. The monoisotopic (exact) mass is 419 g/mol. The number of hydrogen-bond donors (Lipinski definition) is 1. The maximum atomic E-state index is 12.2. The van der Waals surface area contributed by atoms with Crippen molar-refractivity contribution in [3.63, 3.8) is 0 Å². The predicted molar refractivity (Wildman–Crippen MR) is 104 cm³/mol. The van der Waals surface area contributed by atoms with Gasteiger partial charge in [-0.2, -0.15) is 0 Å². The summed E-state index contributed by atoms with van der Waals surface area (Å²) in [6.45, 7) is 5.95. The van der Waals surface area contributed by atoms with Crippen LogP contribution in [0.25, 0.3) is 0 Å². The third-order valence-electron chi connectivity index (χ3n) is 3.52. The molecule has 2 aromatic rings. The minimum Gasteiger partial charge on any atom is -0.449 e. The fraction of sp³-hybridized carbons (Fsp3) is 0.300. The zero-order valence-electron chi connectivity index (χ0n) is 15.0. The van der Waals surface area contributed by atoms with Crippen molar-refractivity contribution in [1.29, 1.82) is 0 Å². The van der Waals surface area contributed by atoms with Gasteiger partial charge in [0.1, 0.15) is 0 Å². The van der Waals surface area contributed by atoms with E-state index in [0.29, 0.717) is 17.9 Å². The van der Waals surface area contributed by atoms with Gasteiger partial charge in [0, 0.05) is 10.2 Å². The van der Waals surface area contributed by atoms with E-state index in [-0.39, 0.29) is 6.10 Å². The van der Waals surface area contributed by atoms with Crippen molar-refractivity contribution in [1.82, 2.24) is 0 Å². The fourth-order valence-electron chi connectivity index (χ4n) is 2.09. The summed E-state index contributed by atoms with van der Waals surface area (Å²) in [4.78, 5) is 24.4. The van der Waals surface area contributed by atoms with Crippen LogP contribution in [0.1, 0.15) is 36.7 Å². The maximum absolute atomic E-state index is 12.2. The molecule has 0 aliphatic carbocycles. The Labute approximate surface area is 161 Å². The molecule has 0 radical (unpaired) electrons. The molecule has 0 saturated carbocycles. The summed E-state index contributed by atoms with van der Waals surface area (Å²) < 4.78 is 11.6. The minimum atomic E-state index is -0.912. The van der Waals surface area contributed by atoms with Crippen LogP contribution in [0.4, 0.5) is 5.69 Å². The third kappa shape index (κ3) is 6.28. The highest BCUT2D eigenvalue weighted by Crippen LogP contribution is 2.16. The Kier molecular flexibility index (Phi) is 7.36. The summed E-state index contributed by atoms with van der Waals surface area (Å²) in [6.07, 6.45) is -0.769. The van der Waals surface area contributed by atoms with Gasteiger partial charge in [-0.05, 0) is 56.7 Å². The summed E-state index contributed by atoms with van der Waals surface area (Å²) in [5.74, 6) is -0.934. The number of amides is 1. The van der Waals surface area contributed by atoms with Crippen molar-refractivity contribution in [2.45, 2.75) is 39.6 Å². The van der Waals surface area contributed by atoms with Gasteiger partial charge in [0.2, 0.25) is 0 Å². The molecule has 0 saturated heterocycles. The maximum Gasteiger partial charge on any atom is 0.338 e. The lowest BCUT2D eigenvalue weighted by Gasteiger charge is -2.14. The van der Waals surface area contributed by atoms with Crippen LogP contribution in [-0.2, 0) is 20.9 Å². The van der Waals surface area contributed by atoms with E-state index in [4.69, 9.17) is 9.47 Å². The van der Waals surface area contributed by atoms with Gasteiger partial charge in [-0.1, -0.05) is 34.1 Å². The second-order valence-corrected chi connectivity index (χ2v) is 7.02. The SMILES string of the molecule is CC(C)OCc1ccc(C(=O)O[C@@H](C)C(=O)Nc2cccc(Br)c2)cc1. The van der Waals surface area contributed by atoms with Crippen LogP contribution in [-0.4, -0.2) is 24.1 Å². The first-order valence-electron chi connectivity index (χ1n) is 8.33. The third-order valence-corrected chi connectivity index (χ3v) is 4.01. The molecule has 0 unspecified atom stereocenters. The van der Waals surface area contributed by atoms with Gasteiger partial charge < -0.3 is 14.8 Å². The highest BCUT2D eigenvalue weighted by Gasteiger charge is 2.19. The second kappa shape index (κ2) is 9.50. The molecule has 138 valence electrons. The smallest absolute Gasteiger partial charge is 0.338 e. The number of carbonyl (C=O) groups excluding carboxylic acids is 2. The molecule has 6 heteroatoms. The molecule has 1 N–H and O–H groups in total. The first-order valence-corrected chi connectivity index (χ1v) is 9.12. The highest BCUT2D eigenvalue weighted by atomic mass is 79.9. The van der Waals surface area contributed by atoms with Crippen molar-refractivity contribution >= 4 is 33.5 Å². The standard InChI is InChI=1S/C20H22BrNO4/c1-13(2)25-12-15-7-9-16(10-8-15)20(24)26-14(3)19(23)22-18-6-4-5-17(21)11-18/h4-11,13-14H,12H2,1-3H3,(H,22,23)/t14-/m0/s1. The van der Waals surface area contributed by atoms with Crippen molar-refractivity contribution in [3.05, 3.63) is 64.1 Å². The number of hydrogen-bond acceptors (Lipinski definition) is 4. The van der Waals surface area contributed by atoms with Gasteiger partial charge in [-0.15, -0.1) is 0 Å². The largest absolute Gasteiger partial charge is 0.449 e. The number of ether oxygens (including phenoxy) is 2. The van der Waals surface area contributed by atoms with Gasteiger partial charge in [-0.3, -0.25) is 4.79 Å². The van der Waals surface area contributed by atoms with E-state index in [1.54, 1.807) is 30.3 Å². The van der Waals surface area contributed by atoms with E-state index >= 15 is 0 Å². The van der Waals surface area contributed by atoms with Gasteiger partial charge in [0.25, 0.3) is 5.91 Å². The second-order valence-electron chi connectivity index (χ2n) is 6.10. The first kappa shape index (κ1) is 20.1. The fourth-order valence-corrected chi connectivity index (χ4v) is 2.49. The Morgan fingerprint density at radius 2 is 1.77 bits per heavy atom. The lowest BCUT2D eigenvalue weighted by molar-refractivity contribution is -0.123. The molecule has 0 aliphatic heterocycles. The van der Waals surface area contributed by atoms with Crippen LogP contribution in [0.5, 0.6) is 0 Å². The molecule has 1 atom stereocenters. The molecule has 2 aromatic carbocycles. The van der Waals surface area contributed by atoms with E-state index in [0.717, 1.165) is 10.0 Å². The molecule has 0 aromatic heterocycles. The Hall–Kier alpha value is -2.18. The number of nitrogens with one attached hydrogen (secondary N) is 1. The van der Waals surface area contributed by atoms with Crippen molar-refractivity contribution in [2.24, 2.45) is 0 Å². The molecule has 0 fully saturated rings. The molecule has 2 rings (SSSR count). The Morgan fingerprint density at radius 3 is 2.38 bits per heavy atom. The van der Waals surface area contributed by atoms with Crippen LogP contribution < -0.4 is 5.32 Å². The number of carbonyl (C=O) groups is 2. The quantitative estimate of drug-likeness (QED) is 0.668. The van der Waals surface area contributed by atoms with Crippen LogP contribution in [0.2, 0.25) is 0 Å². The van der Waals surface area contributed by atoms with Gasteiger partial charge >= 0.3 is 5.97 Å². The molecule has 0 spiro atoms. The number of anilines is 1. The Bertz CT molecular complexity index is 759. The minimum absolute atomic E-state index is 0.143. The lowest BCUT2D eigenvalue weighted by Crippen LogP contribution is -2.30. The van der Waals surface area contributed by atoms with Crippen molar-refractivity contribution in [3.8, 4) is 0 Å². The molecular weight excluding hydrogens is 398 g/mol. The predicted octanol–water partition coefficient (Wildman–Crippen LogP) is 4.56. The zero-order valence-corrected chi connectivity index (χ0v) is 16.6. The lowest BCUT2D eigenvalue weighted by atomic mass is 10.1. The Balaban J connectivity index is 1.90. The number of esters is 1. The number of rotatable bonds is 7. The van der Waals surface area contributed by atoms with Crippen LogP contribution >= 0.6 is 15.9 Å². The highest BCUT2D eigenvalue weighted by molar-refractivity contribution is 9.10.